The van der Waals surface area contributed by atoms with Crippen molar-refractivity contribution >= 4 is 0 Å². The Morgan fingerprint density at radius 1 is 1.29 bits per heavy atom. The molecule has 4 heteroatoms. The quantitative estimate of drug-likeness (QED) is 0.728. The summed E-state index contributed by atoms with van der Waals surface area (Å²) in [7, 11) is 0. The molecule has 0 bridgehead atoms. The molecule has 0 amide bonds. The lowest BCUT2D eigenvalue weighted by molar-refractivity contribution is 0.183. The Morgan fingerprint density at radius 3 is 2.88 bits per heavy atom. The third-order valence-electron chi connectivity index (χ3n) is 4.25. The molecular weight excluding hydrogens is 214 g/mol. The van der Waals surface area contributed by atoms with Gasteiger partial charge in [0.15, 0.2) is 0 Å². The number of aliphatic hydroxyl groups excluding tert-OH is 1. The minimum atomic E-state index is 0.190. The predicted molar refractivity (Wildman–Crippen MR) is 65.6 cm³/mol. The minimum absolute atomic E-state index is 0.190. The Kier molecular flexibility index (Phi) is 3.16. The standard InChI is InChI=1S/C13H21N3O/c17-7-10-6-11-13(15-8-14-11)12(16-10)9-4-2-1-3-5-9/h8-10,12,16-17H,1-7H2,(H,14,15). The van der Waals surface area contributed by atoms with E-state index in [2.05, 4.69) is 15.3 Å². The number of hydrogen-bond acceptors (Lipinski definition) is 3. The van der Waals surface area contributed by atoms with Crippen LogP contribution in [0, 0.1) is 5.92 Å². The summed E-state index contributed by atoms with van der Waals surface area (Å²) in [5, 5.41) is 13.0. The van der Waals surface area contributed by atoms with Gasteiger partial charge in [0.2, 0.25) is 0 Å². The maximum Gasteiger partial charge on any atom is 0.0925 e. The summed E-state index contributed by atoms with van der Waals surface area (Å²) < 4.78 is 0. The lowest BCUT2D eigenvalue weighted by atomic mass is 9.80. The molecule has 17 heavy (non-hydrogen) atoms. The summed E-state index contributed by atoms with van der Waals surface area (Å²) in [5.41, 5.74) is 2.42. The highest BCUT2D eigenvalue weighted by Crippen LogP contribution is 2.37. The van der Waals surface area contributed by atoms with Gasteiger partial charge < -0.3 is 15.4 Å². The van der Waals surface area contributed by atoms with Crippen molar-refractivity contribution < 1.29 is 5.11 Å². The summed E-state index contributed by atoms with van der Waals surface area (Å²) in [6.45, 7) is 0.210. The van der Waals surface area contributed by atoms with Crippen molar-refractivity contribution in [1.29, 1.82) is 0 Å². The zero-order chi connectivity index (χ0) is 11.7. The van der Waals surface area contributed by atoms with Crippen LogP contribution >= 0.6 is 0 Å². The van der Waals surface area contributed by atoms with Crippen LogP contribution in [-0.4, -0.2) is 27.7 Å². The lowest BCUT2D eigenvalue weighted by Gasteiger charge is -2.36. The molecule has 0 saturated heterocycles. The highest BCUT2D eigenvalue weighted by atomic mass is 16.3. The van der Waals surface area contributed by atoms with Gasteiger partial charge in [0.05, 0.1) is 24.7 Å². The van der Waals surface area contributed by atoms with Crippen LogP contribution < -0.4 is 5.32 Å². The molecule has 0 spiro atoms. The number of aromatic nitrogens is 2. The predicted octanol–water partition coefficient (Wildman–Crippen LogP) is 1.54. The highest BCUT2D eigenvalue weighted by Gasteiger charge is 2.33. The average molecular weight is 235 g/mol. The van der Waals surface area contributed by atoms with Crippen LogP contribution in [0.25, 0.3) is 0 Å². The molecule has 1 aliphatic heterocycles. The van der Waals surface area contributed by atoms with Crippen LogP contribution in [0.5, 0.6) is 0 Å². The van der Waals surface area contributed by atoms with Crippen molar-refractivity contribution in [2.45, 2.75) is 50.6 Å². The van der Waals surface area contributed by atoms with Gasteiger partial charge in [-0.1, -0.05) is 19.3 Å². The molecule has 3 rings (SSSR count). The van der Waals surface area contributed by atoms with Crippen LogP contribution in [-0.2, 0) is 6.42 Å². The number of H-pyrrole nitrogens is 1. The number of fused-ring (bicyclic) bond motifs is 1. The second kappa shape index (κ2) is 4.78. The van der Waals surface area contributed by atoms with Crippen molar-refractivity contribution in [3.05, 3.63) is 17.7 Å². The van der Waals surface area contributed by atoms with Gasteiger partial charge in [-0.25, -0.2) is 4.98 Å². The van der Waals surface area contributed by atoms with Crippen LogP contribution in [0.1, 0.15) is 49.5 Å². The Balaban J connectivity index is 1.83. The first-order valence-corrected chi connectivity index (χ1v) is 6.77. The van der Waals surface area contributed by atoms with Crippen molar-refractivity contribution in [3.63, 3.8) is 0 Å². The van der Waals surface area contributed by atoms with Crippen molar-refractivity contribution in [1.82, 2.24) is 15.3 Å². The van der Waals surface area contributed by atoms with Gasteiger partial charge in [-0.05, 0) is 18.8 Å². The summed E-state index contributed by atoms with van der Waals surface area (Å²) in [6.07, 6.45) is 9.31. The molecule has 3 N–H and O–H groups in total. The number of hydrogen-bond donors (Lipinski definition) is 3. The molecule has 2 unspecified atom stereocenters. The smallest absolute Gasteiger partial charge is 0.0925 e. The zero-order valence-corrected chi connectivity index (χ0v) is 10.2. The molecule has 94 valence electrons. The van der Waals surface area contributed by atoms with Gasteiger partial charge in [-0.3, -0.25) is 0 Å². The fraction of sp³-hybridized carbons (Fsp3) is 0.769. The number of aliphatic hydroxyl groups is 1. The van der Waals surface area contributed by atoms with E-state index in [0.717, 1.165) is 6.42 Å². The average Bonchev–Trinajstić information content (AvgIpc) is 2.86. The van der Waals surface area contributed by atoms with Crippen LogP contribution in [0.3, 0.4) is 0 Å². The van der Waals surface area contributed by atoms with Crippen molar-refractivity contribution in [2.75, 3.05) is 6.61 Å². The molecule has 0 radical (unpaired) electrons. The molecule has 0 aromatic carbocycles. The fourth-order valence-electron chi connectivity index (χ4n) is 3.35. The molecule has 1 saturated carbocycles. The van der Waals surface area contributed by atoms with E-state index in [1.54, 1.807) is 6.33 Å². The molecule has 2 heterocycles. The SMILES string of the molecule is OCC1Cc2[nH]cnc2C(C2CCCCC2)N1. The van der Waals surface area contributed by atoms with Gasteiger partial charge in [-0.2, -0.15) is 0 Å². The molecule has 2 aliphatic rings. The van der Waals surface area contributed by atoms with Crippen LogP contribution in [0.15, 0.2) is 6.33 Å². The Hall–Kier alpha value is -0.870. The van der Waals surface area contributed by atoms with E-state index >= 15 is 0 Å². The first-order chi connectivity index (χ1) is 8.38. The van der Waals surface area contributed by atoms with E-state index in [1.165, 1.54) is 43.5 Å². The van der Waals surface area contributed by atoms with E-state index in [1.807, 2.05) is 0 Å². The summed E-state index contributed by atoms with van der Waals surface area (Å²) >= 11 is 0. The van der Waals surface area contributed by atoms with Gasteiger partial charge in [0.25, 0.3) is 0 Å². The molecule has 1 aromatic rings. The summed E-state index contributed by atoms with van der Waals surface area (Å²) in [4.78, 5) is 7.71. The van der Waals surface area contributed by atoms with E-state index in [-0.39, 0.29) is 12.6 Å². The first-order valence-electron chi connectivity index (χ1n) is 6.77. The van der Waals surface area contributed by atoms with E-state index in [0.29, 0.717) is 12.0 Å². The fourth-order valence-corrected chi connectivity index (χ4v) is 3.35. The molecule has 1 aromatic heterocycles. The largest absolute Gasteiger partial charge is 0.395 e. The van der Waals surface area contributed by atoms with E-state index in [4.69, 9.17) is 0 Å². The minimum Gasteiger partial charge on any atom is -0.395 e. The molecular formula is C13H21N3O. The lowest BCUT2D eigenvalue weighted by Crippen LogP contribution is -2.45. The second-order valence-electron chi connectivity index (χ2n) is 5.39. The number of nitrogens with zero attached hydrogens (tertiary/aromatic N) is 1. The third kappa shape index (κ3) is 2.11. The first kappa shape index (κ1) is 11.2. The van der Waals surface area contributed by atoms with Crippen LogP contribution in [0.4, 0.5) is 0 Å². The van der Waals surface area contributed by atoms with Gasteiger partial charge >= 0.3 is 0 Å². The zero-order valence-electron chi connectivity index (χ0n) is 10.2. The molecule has 4 nitrogen and oxygen atoms in total. The summed E-state index contributed by atoms with van der Waals surface area (Å²) in [5.74, 6) is 0.695. The van der Waals surface area contributed by atoms with Gasteiger partial charge in [-0.15, -0.1) is 0 Å². The second-order valence-corrected chi connectivity index (χ2v) is 5.39. The monoisotopic (exact) mass is 235 g/mol. The number of aromatic amines is 1. The number of nitrogens with one attached hydrogen (secondary N) is 2. The molecule has 1 aliphatic carbocycles. The van der Waals surface area contributed by atoms with E-state index in [9.17, 15) is 5.11 Å². The van der Waals surface area contributed by atoms with Gasteiger partial charge in [0.1, 0.15) is 0 Å². The van der Waals surface area contributed by atoms with Gasteiger partial charge in [0, 0.05) is 18.2 Å². The Morgan fingerprint density at radius 2 is 2.12 bits per heavy atom. The topological polar surface area (TPSA) is 60.9 Å². The highest BCUT2D eigenvalue weighted by molar-refractivity contribution is 5.22. The maximum absolute atomic E-state index is 9.37. The van der Waals surface area contributed by atoms with E-state index < -0.39 is 0 Å². The van der Waals surface area contributed by atoms with Crippen molar-refractivity contribution in [2.24, 2.45) is 5.92 Å². The van der Waals surface area contributed by atoms with Crippen molar-refractivity contribution in [3.8, 4) is 0 Å². The van der Waals surface area contributed by atoms with Crippen LogP contribution in [0.2, 0.25) is 0 Å². The third-order valence-corrected chi connectivity index (χ3v) is 4.25. The maximum atomic E-state index is 9.37. The molecule has 1 fully saturated rings. The Labute approximate surface area is 102 Å². The number of rotatable bonds is 2. The normalized spacial score (nSPS) is 30.2. The number of imidazole rings is 1. The molecule has 2 atom stereocenters. The summed E-state index contributed by atoms with van der Waals surface area (Å²) in [6, 6.07) is 0.539. The Bertz CT molecular complexity index is 370.